The van der Waals surface area contributed by atoms with Crippen LogP contribution in [0, 0.1) is 0 Å². The molecule has 0 saturated carbocycles. The second-order valence-corrected chi connectivity index (χ2v) is 11.4. The smallest absolute Gasteiger partial charge is 0.272 e. The van der Waals surface area contributed by atoms with E-state index in [1.165, 1.54) is 11.8 Å². The molecule has 0 aromatic heterocycles. The Labute approximate surface area is 255 Å². The predicted octanol–water partition coefficient (Wildman–Crippen LogP) is 6.08. The summed E-state index contributed by atoms with van der Waals surface area (Å²) in [5.41, 5.74) is 7.92. The lowest BCUT2D eigenvalue weighted by atomic mass is 10.1. The minimum absolute atomic E-state index is 0.0783. The molecule has 10 heteroatoms. The number of rotatable bonds is 10. The number of nitrogens with one attached hydrogen (secondary N) is 3. The van der Waals surface area contributed by atoms with Gasteiger partial charge in [-0.2, -0.15) is 0 Å². The molecule has 8 nitrogen and oxygen atoms in total. The van der Waals surface area contributed by atoms with Crippen LogP contribution in [0.5, 0.6) is 0 Å². The highest BCUT2D eigenvalue weighted by Gasteiger charge is 2.17. The second kappa shape index (κ2) is 14.3. The number of anilines is 2. The van der Waals surface area contributed by atoms with Crippen LogP contribution in [0.2, 0.25) is 0 Å². The van der Waals surface area contributed by atoms with Gasteiger partial charge in [0, 0.05) is 31.9 Å². The van der Waals surface area contributed by atoms with E-state index in [1.54, 1.807) is 85.8 Å². The molecule has 5 N–H and O–H groups in total. The van der Waals surface area contributed by atoms with Gasteiger partial charge in [-0.05, 0) is 91.4 Å². The SMILES string of the molecule is CC(Sc1ccc(NC(=O)/C(=C/c2cccc(Br)c2)NC(=O)c2ccccc2)cc1)C(=O)Nc1ccc(C(N)=O)cc1. The molecule has 212 valence electrons. The second-order valence-electron chi connectivity index (χ2n) is 9.10. The van der Waals surface area contributed by atoms with Gasteiger partial charge in [-0.1, -0.05) is 46.3 Å². The largest absolute Gasteiger partial charge is 0.366 e. The molecule has 0 radical (unpaired) electrons. The molecule has 0 spiro atoms. The average Bonchev–Trinajstić information content (AvgIpc) is 2.98. The van der Waals surface area contributed by atoms with Crippen LogP contribution in [0.3, 0.4) is 0 Å². The molecule has 4 rings (SSSR count). The Bertz CT molecular complexity index is 1620. The quantitative estimate of drug-likeness (QED) is 0.123. The number of hydrogen-bond acceptors (Lipinski definition) is 5. The molecule has 0 aliphatic heterocycles. The Hall–Kier alpha value is -4.67. The van der Waals surface area contributed by atoms with Gasteiger partial charge in [0.05, 0.1) is 5.25 Å². The van der Waals surface area contributed by atoms with Gasteiger partial charge in [-0.3, -0.25) is 19.2 Å². The highest BCUT2D eigenvalue weighted by molar-refractivity contribution is 9.10. The fourth-order valence-corrected chi connectivity index (χ4v) is 5.02. The third-order valence-corrected chi connectivity index (χ3v) is 7.52. The summed E-state index contributed by atoms with van der Waals surface area (Å²) in [5.74, 6) is -1.64. The summed E-state index contributed by atoms with van der Waals surface area (Å²) < 4.78 is 0.836. The maximum atomic E-state index is 13.3. The van der Waals surface area contributed by atoms with Gasteiger partial charge in [0.1, 0.15) is 5.70 Å². The third-order valence-electron chi connectivity index (χ3n) is 5.92. The van der Waals surface area contributed by atoms with Crippen molar-refractivity contribution >= 4 is 68.8 Å². The zero-order valence-corrected chi connectivity index (χ0v) is 24.9. The lowest BCUT2D eigenvalue weighted by Crippen LogP contribution is -2.30. The molecule has 1 unspecified atom stereocenters. The van der Waals surface area contributed by atoms with E-state index in [-0.39, 0.29) is 11.6 Å². The van der Waals surface area contributed by atoms with Crippen molar-refractivity contribution in [2.75, 3.05) is 10.6 Å². The van der Waals surface area contributed by atoms with Crippen LogP contribution >= 0.6 is 27.7 Å². The topological polar surface area (TPSA) is 130 Å². The van der Waals surface area contributed by atoms with E-state index in [2.05, 4.69) is 31.9 Å². The van der Waals surface area contributed by atoms with Crippen molar-refractivity contribution in [1.29, 1.82) is 0 Å². The van der Waals surface area contributed by atoms with Crippen LogP contribution < -0.4 is 21.7 Å². The molecular formula is C32H27BrN4O4S. The maximum Gasteiger partial charge on any atom is 0.272 e. The van der Waals surface area contributed by atoms with Crippen LogP contribution in [0.4, 0.5) is 11.4 Å². The van der Waals surface area contributed by atoms with Crippen molar-refractivity contribution in [3.8, 4) is 0 Å². The van der Waals surface area contributed by atoms with E-state index >= 15 is 0 Å². The summed E-state index contributed by atoms with van der Waals surface area (Å²) in [6.45, 7) is 1.78. The first-order chi connectivity index (χ1) is 20.2. The number of thioether (sulfide) groups is 1. The summed E-state index contributed by atoms with van der Waals surface area (Å²) in [6, 6.07) is 29.4. The average molecular weight is 644 g/mol. The Kier molecular flexibility index (Phi) is 10.3. The molecule has 0 heterocycles. The molecule has 4 aromatic rings. The molecule has 0 aliphatic carbocycles. The Morgan fingerprint density at radius 1 is 0.786 bits per heavy atom. The number of hydrogen-bond donors (Lipinski definition) is 4. The van der Waals surface area contributed by atoms with E-state index in [4.69, 9.17) is 5.73 Å². The Morgan fingerprint density at radius 3 is 2.07 bits per heavy atom. The lowest BCUT2D eigenvalue weighted by Gasteiger charge is -2.14. The standard InChI is InChI=1S/C32H27BrN4O4S/c1-20(30(39)35-25-12-10-22(11-13-25)29(34)38)42-27-16-14-26(15-17-27)36-32(41)28(19-21-6-5-9-24(33)18-21)37-31(40)23-7-3-2-4-8-23/h2-20H,1H3,(H2,34,38)(H,35,39)(H,36,41)(H,37,40)/b28-19-. The molecule has 42 heavy (non-hydrogen) atoms. The van der Waals surface area contributed by atoms with E-state index in [9.17, 15) is 19.2 Å². The van der Waals surface area contributed by atoms with Gasteiger partial charge < -0.3 is 21.7 Å². The van der Waals surface area contributed by atoms with Crippen molar-refractivity contribution in [2.24, 2.45) is 5.73 Å². The molecule has 0 fully saturated rings. The molecule has 0 bridgehead atoms. The summed E-state index contributed by atoms with van der Waals surface area (Å²) in [4.78, 5) is 50.8. The van der Waals surface area contributed by atoms with Gasteiger partial charge >= 0.3 is 0 Å². The fraction of sp³-hybridized carbons (Fsp3) is 0.0625. The van der Waals surface area contributed by atoms with Gasteiger partial charge in [-0.25, -0.2) is 0 Å². The fourth-order valence-electron chi connectivity index (χ4n) is 3.74. The number of halogens is 1. The molecule has 4 amide bonds. The summed E-state index contributed by atoms with van der Waals surface area (Å²) in [5, 5.41) is 7.94. The highest BCUT2D eigenvalue weighted by atomic mass is 79.9. The van der Waals surface area contributed by atoms with E-state index in [0.717, 1.165) is 14.9 Å². The van der Waals surface area contributed by atoms with Crippen molar-refractivity contribution in [2.45, 2.75) is 17.1 Å². The van der Waals surface area contributed by atoms with Crippen molar-refractivity contribution in [3.05, 3.63) is 130 Å². The Balaban J connectivity index is 1.41. The van der Waals surface area contributed by atoms with Gasteiger partial charge in [-0.15, -0.1) is 11.8 Å². The number of primary amides is 1. The summed E-state index contributed by atoms with van der Waals surface area (Å²) in [7, 11) is 0. The van der Waals surface area contributed by atoms with Crippen LogP contribution in [0.25, 0.3) is 6.08 Å². The van der Waals surface area contributed by atoms with Crippen molar-refractivity contribution in [1.82, 2.24) is 5.32 Å². The molecular weight excluding hydrogens is 616 g/mol. The first-order valence-corrected chi connectivity index (χ1v) is 14.5. The summed E-state index contributed by atoms with van der Waals surface area (Å²) in [6.07, 6.45) is 1.60. The third kappa shape index (κ3) is 8.66. The minimum atomic E-state index is -0.537. The van der Waals surface area contributed by atoms with Gasteiger partial charge in [0.25, 0.3) is 11.8 Å². The van der Waals surface area contributed by atoms with Crippen LogP contribution in [-0.2, 0) is 9.59 Å². The van der Waals surface area contributed by atoms with Crippen LogP contribution in [0.15, 0.2) is 118 Å². The zero-order valence-electron chi connectivity index (χ0n) is 22.5. The van der Waals surface area contributed by atoms with E-state index in [1.807, 2.05) is 30.3 Å². The predicted molar refractivity (Wildman–Crippen MR) is 170 cm³/mol. The van der Waals surface area contributed by atoms with Crippen molar-refractivity contribution in [3.63, 3.8) is 0 Å². The zero-order chi connectivity index (χ0) is 30.1. The van der Waals surface area contributed by atoms with Crippen LogP contribution in [-0.4, -0.2) is 28.9 Å². The lowest BCUT2D eigenvalue weighted by molar-refractivity contribution is -0.115. The number of nitrogens with two attached hydrogens (primary N) is 1. The molecule has 0 aliphatic rings. The first-order valence-electron chi connectivity index (χ1n) is 12.8. The molecule has 1 atom stereocenters. The van der Waals surface area contributed by atoms with Gasteiger partial charge in [0.15, 0.2) is 0 Å². The number of carbonyl (C=O) groups is 4. The first kappa shape index (κ1) is 30.3. The number of carbonyl (C=O) groups excluding carboxylic acids is 4. The van der Waals surface area contributed by atoms with Gasteiger partial charge in [0.2, 0.25) is 11.8 Å². The van der Waals surface area contributed by atoms with E-state index < -0.39 is 23.0 Å². The monoisotopic (exact) mass is 642 g/mol. The summed E-state index contributed by atoms with van der Waals surface area (Å²) >= 11 is 4.78. The highest BCUT2D eigenvalue weighted by Crippen LogP contribution is 2.26. The van der Waals surface area contributed by atoms with E-state index in [0.29, 0.717) is 22.5 Å². The van der Waals surface area contributed by atoms with Crippen molar-refractivity contribution < 1.29 is 19.2 Å². The Morgan fingerprint density at radius 2 is 1.43 bits per heavy atom. The molecule has 4 aromatic carbocycles. The molecule has 0 saturated heterocycles. The maximum absolute atomic E-state index is 13.3. The normalized spacial score (nSPS) is 11.7. The van der Waals surface area contributed by atoms with Crippen LogP contribution in [0.1, 0.15) is 33.2 Å². The number of benzene rings is 4. The number of amides is 4. The minimum Gasteiger partial charge on any atom is -0.366 e.